The van der Waals surface area contributed by atoms with Crippen LogP contribution in [0.25, 0.3) is 16.4 Å². The van der Waals surface area contributed by atoms with E-state index in [2.05, 4.69) is 20.3 Å². The summed E-state index contributed by atoms with van der Waals surface area (Å²) in [5.41, 5.74) is 1.89. The number of halogens is 3. The van der Waals surface area contributed by atoms with Crippen LogP contribution in [-0.2, 0) is 6.18 Å². The number of hydrogen-bond donors (Lipinski definition) is 1. The Morgan fingerprint density at radius 1 is 1.06 bits per heavy atom. The molecule has 0 radical (unpaired) electrons. The Bertz CT molecular complexity index is 1320. The van der Waals surface area contributed by atoms with Crippen LogP contribution in [0.5, 0.6) is 0 Å². The first kappa shape index (κ1) is 20.7. The van der Waals surface area contributed by atoms with Crippen molar-refractivity contribution < 1.29 is 13.2 Å². The fourth-order valence-electron chi connectivity index (χ4n) is 2.87. The minimum absolute atomic E-state index is 0.00252. The van der Waals surface area contributed by atoms with Crippen molar-refractivity contribution in [2.45, 2.75) is 20.0 Å². The molecule has 4 rings (SSSR count). The summed E-state index contributed by atoms with van der Waals surface area (Å²) in [4.78, 5) is 17.3. The van der Waals surface area contributed by atoms with Gasteiger partial charge in [-0.1, -0.05) is 35.9 Å². The molecule has 4 aromatic rings. The highest BCUT2D eigenvalue weighted by Crippen LogP contribution is 2.32. The highest BCUT2D eigenvalue weighted by atomic mass is 32.1. The molecule has 0 aliphatic carbocycles. The SMILES string of the molecule is Cc1ccc(-c2csc(-n3[nH]c(C)c(N=Nc4cccc(C(F)(F)F)c4)c3=O)n2)cc1. The lowest BCUT2D eigenvalue weighted by molar-refractivity contribution is -0.137. The van der Waals surface area contributed by atoms with Crippen LogP contribution < -0.4 is 5.56 Å². The van der Waals surface area contributed by atoms with E-state index in [0.29, 0.717) is 10.8 Å². The van der Waals surface area contributed by atoms with Crippen molar-refractivity contribution in [3.8, 4) is 16.4 Å². The molecule has 158 valence electrons. The van der Waals surface area contributed by atoms with E-state index in [-0.39, 0.29) is 11.4 Å². The molecule has 1 N–H and O–H groups in total. The van der Waals surface area contributed by atoms with Crippen LogP contribution >= 0.6 is 11.3 Å². The second-order valence-electron chi connectivity index (χ2n) is 6.86. The molecule has 0 unspecified atom stereocenters. The summed E-state index contributed by atoms with van der Waals surface area (Å²) >= 11 is 1.28. The predicted octanol–water partition coefficient (Wildman–Crippen LogP) is 6.34. The number of aromatic nitrogens is 3. The van der Waals surface area contributed by atoms with Crippen molar-refractivity contribution in [2.75, 3.05) is 0 Å². The van der Waals surface area contributed by atoms with E-state index in [1.807, 2.05) is 36.6 Å². The smallest absolute Gasteiger partial charge is 0.291 e. The highest BCUT2D eigenvalue weighted by Gasteiger charge is 2.30. The fourth-order valence-corrected chi connectivity index (χ4v) is 3.66. The van der Waals surface area contributed by atoms with Crippen LogP contribution in [0, 0.1) is 13.8 Å². The highest BCUT2D eigenvalue weighted by molar-refractivity contribution is 7.12. The van der Waals surface area contributed by atoms with E-state index >= 15 is 0 Å². The second kappa shape index (κ2) is 7.95. The Morgan fingerprint density at radius 2 is 1.81 bits per heavy atom. The first-order valence-corrected chi connectivity index (χ1v) is 10.0. The van der Waals surface area contributed by atoms with Gasteiger partial charge < -0.3 is 0 Å². The molecule has 0 aliphatic rings. The number of hydrogen-bond acceptors (Lipinski definition) is 5. The molecule has 31 heavy (non-hydrogen) atoms. The molecular formula is C21H16F3N5OS. The van der Waals surface area contributed by atoms with Gasteiger partial charge in [-0.05, 0) is 32.0 Å². The molecule has 0 atom stereocenters. The third-order valence-electron chi connectivity index (χ3n) is 4.51. The van der Waals surface area contributed by atoms with Crippen LogP contribution in [-0.4, -0.2) is 14.8 Å². The molecule has 0 bridgehead atoms. The number of aryl methyl sites for hydroxylation is 2. The van der Waals surface area contributed by atoms with Gasteiger partial charge in [-0.3, -0.25) is 9.89 Å². The zero-order valence-electron chi connectivity index (χ0n) is 16.4. The first-order valence-electron chi connectivity index (χ1n) is 9.16. The summed E-state index contributed by atoms with van der Waals surface area (Å²) in [5.74, 6) is 0. The molecule has 0 aliphatic heterocycles. The quantitative estimate of drug-likeness (QED) is 0.374. The molecule has 0 fully saturated rings. The maximum Gasteiger partial charge on any atom is 0.416 e. The van der Waals surface area contributed by atoms with Crippen molar-refractivity contribution in [3.05, 3.63) is 81.1 Å². The van der Waals surface area contributed by atoms with Gasteiger partial charge >= 0.3 is 11.7 Å². The molecule has 10 heteroatoms. The Balaban J connectivity index is 1.64. The lowest BCUT2D eigenvalue weighted by Gasteiger charge is -2.05. The van der Waals surface area contributed by atoms with Gasteiger partial charge in [0, 0.05) is 10.9 Å². The normalized spacial score (nSPS) is 12.0. The summed E-state index contributed by atoms with van der Waals surface area (Å²) in [6.07, 6.45) is -4.48. The standard InChI is InChI=1S/C21H16F3N5OS/c1-12-6-8-14(9-7-12)17-11-31-20(25-17)29-19(30)18(13(2)28-29)27-26-16-5-3-4-15(10-16)21(22,23)24/h3-11,28H,1-2H3. The lowest BCUT2D eigenvalue weighted by Crippen LogP contribution is -2.13. The fraction of sp³-hybridized carbons (Fsp3) is 0.143. The Morgan fingerprint density at radius 3 is 2.52 bits per heavy atom. The van der Waals surface area contributed by atoms with Crippen molar-refractivity contribution in [3.63, 3.8) is 0 Å². The number of rotatable bonds is 4. The second-order valence-corrected chi connectivity index (χ2v) is 7.69. The molecule has 2 aromatic heterocycles. The zero-order chi connectivity index (χ0) is 22.2. The van der Waals surface area contributed by atoms with Crippen molar-refractivity contribution in [2.24, 2.45) is 10.2 Å². The number of nitrogens with one attached hydrogen (secondary N) is 1. The minimum Gasteiger partial charge on any atom is -0.291 e. The van der Waals surface area contributed by atoms with E-state index < -0.39 is 17.3 Å². The summed E-state index contributed by atoms with van der Waals surface area (Å²) in [6.45, 7) is 3.62. The topological polar surface area (TPSA) is 75.4 Å². The molecule has 2 heterocycles. The Hall–Kier alpha value is -3.53. The van der Waals surface area contributed by atoms with Gasteiger partial charge in [0.1, 0.15) is 0 Å². The van der Waals surface area contributed by atoms with Crippen LogP contribution in [0.2, 0.25) is 0 Å². The van der Waals surface area contributed by atoms with E-state index in [9.17, 15) is 18.0 Å². The zero-order valence-corrected chi connectivity index (χ0v) is 17.3. The molecule has 2 aromatic carbocycles. The number of thiazole rings is 1. The number of azo groups is 1. The molecule has 0 spiro atoms. The summed E-state index contributed by atoms with van der Waals surface area (Å²) < 4.78 is 39.8. The average Bonchev–Trinajstić information content (AvgIpc) is 3.32. The van der Waals surface area contributed by atoms with Gasteiger partial charge in [-0.25, -0.2) is 4.98 Å². The number of benzene rings is 2. The minimum atomic E-state index is -4.48. The number of alkyl halides is 3. The largest absolute Gasteiger partial charge is 0.416 e. The van der Waals surface area contributed by atoms with E-state index in [0.717, 1.165) is 29.0 Å². The Labute approximate surface area is 178 Å². The van der Waals surface area contributed by atoms with Gasteiger partial charge in [-0.15, -0.1) is 16.5 Å². The lowest BCUT2D eigenvalue weighted by atomic mass is 10.1. The summed E-state index contributed by atoms with van der Waals surface area (Å²) in [5, 5.41) is 12.9. The van der Waals surface area contributed by atoms with Crippen LogP contribution in [0.4, 0.5) is 24.5 Å². The average molecular weight is 443 g/mol. The Kier molecular flexibility index (Phi) is 5.32. The molecule has 0 amide bonds. The first-order chi connectivity index (χ1) is 14.7. The maximum atomic E-state index is 12.9. The number of aromatic amines is 1. The third kappa shape index (κ3) is 4.33. The van der Waals surface area contributed by atoms with Crippen molar-refractivity contribution >= 4 is 22.7 Å². The van der Waals surface area contributed by atoms with Crippen LogP contribution in [0.1, 0.15) is 16.8 Å². The van der Waals surface area contributed by atoms with Gasteiger partial charge in [0.2, 0.25) is 5.13 Å². The van der Waals surface area contributed by atoms with Gasteiger partial charge in [0.05, 0.1) is 22.6 Å². The molecule has 6 nitrogen and oxygen atoms in total. The van der Waals surface area contributed by atoms with Crippen LogP contribution in [0.15, 0.2) is 68.9 Å². The monoisotopic (exact) mass is 443 g/mol. The van der Waals surface area contributed by atoms with Crippen molar-refractivity contribution in [1.29, 1.82) is 0 Å². The predicted molar refractivity (Wildman–Crippen MR) is 113 cm³/mol. The maximum absolute atomic E-state index is 12.9. The number of H-pyrrole nitrogens is 1. The van der Waals surface area contributed by atoms with Gasteiger partial charge in [0.15, 0.2) is 5.69 Å². The van der Waals surface area contributed by atoms with Crippen LogP contribution in [0.3, 0.4) is 0 Å². The van der Waals surface area contributed by atoms with E-state index in [1.54, 1.807) is 6.92 Å². The molecular weight excluding hydrogens is 427 g/mol. The van der Waals surface area contributed by atoms with E-state index in [1.165, 1.54) is 28.2 Å². The number of nitrogens with zero attached hydrogens (tertiary/aromatic N) is 4. The summed E-state index contributed by atoms with van der Waals surface area (Å²) in [6, 6.07) is 12.3. The third-order valence-corrected chi connectivity index (χ3v) is 5.34. The molecule has 0 saturated heterocycles. The summed E-state index contributed by atoms with van der Waals surface area (Å²) in [7, 11) is 0. The van der Waals surface area contributed by atoms with Gasteiger partial charge in [-0.2, -0.15) is 23.0 Å². The van der Waals surface area contributed by atoms with Crippen molar-refractivity contribution in [1.82, 2.24) is 14.8 Å². The molecule has 0 saturated carbocycles. The van der Waals surface area contributed by atoms with Gasteiger partial charge in [0.25, 0.3) is 0 Å². The van der Waals surface area contributed by atoms with E-state index in [4.69, 9.17) is 0 Å².